The molecule has 2 N–H and O–H groups in total. The van der Waals surface area contributed by atoms with Crippen LogP contribution in [0.1, 0.15) is 84.4 Å². The number of hydrogen-bond acceptors (Lipinski definition) is 6. The number of hydrogen-bond donors (Lipinski definition) is 2. The first kappa shape index (κ1) is 32.7. The number of esters is 1. The Hall–Kier alpha value is -3.36. The van der Waals surface area contributed by atoms with Gasteiger partial charge in [-0.25, -0.2) is 4.79 Å². The lowest BCUT2D eigenvalue weighted by Crippen LogP contribution is -2.54. The molecule has 9 heteroatoms. The minimum absolute atomic E-state index is 0.0760. The van der Waals surface area contributed by atoms with Crippen molar-refractivity contribution in [2.75, 3.05) is 20.2 Å². The number of nitrogens with zero attached hydrogens (tertiary/aromatic N) is 1. The van der Waals surface area contributed by atoms with Crippen molar-refractivity contribution in [1.29, 1.82) is 0 Å². The highest BCUT2D eigenvalue weighted by atomic mass is 16.6. The lowest BCUT2D eigenvalue weighted by atomic mass is 9.97. The molecule has 0 aliphatic carbocycles. The van der Waals surface area contributed by atoms with Crippen molar-refractivity contribution in [3.05, 3.63) is 42.0 Å². The van der Waals surface area contributed by atoms with Gasteiger partial charge in [0.15, 0.2) is 0 Å². The van der Waals surface area contributed by atoms with Crippen LogP contribution < -0.4 is 10.6 Å². The summed E-state index contributed by atoms with van der Waals surface area (Å²) in [4.78, 5) is 53.6. The average molecular weight is 532 g/mol. The predicted molar refractivity (Wildman–Crippen MR) is 148 cm³/mol. The number of benzene rings is 1. The van der Waals surface area contributed by atoms with E-state index >= 15 is 0 Å². The molecule has 3 amide bonds. The third-order valence-corrected chi connectivity index (χ3v) is 5.64. The van der Waals surface area contributed by atoms with Gasteiger partial charge in [-0.15, -0.1) is 0 Å². The summed E-state index contributed by atoms with van der Waals surface area (Å²) in [5.41, 5.74) is 0.604. The van der Waals surface area contributed by atoms with E-state index in [1.807, 2.05) is 26.8 Å². The lowest BCUT2D eigenvalue weighted by molar-refractivity contribution is -0.145. The summed E-state index contributed by atoms with van der Waals surface area (Å²) in [6.07, 6.45) is 3.73. The molecule has 0 spiro atoms. The quantitative estimate of drug-likeness (QED) is 0.268. The fraction of sp³-hybridized carbons (Fsp3) is 0.586. The second-order valence-electron chi connectivity index (χ2n) is 10.6. The van der Waals surface area contributed by atoms with E-state index < -0.39 is 41.6 Å². The zero-order valence-corrected chi connectivity index (χ0v) is 24.0. The monoisotopic (exact) mass is 531 g/mol. The summed E-state index contributed by atoms with van der Waals surface area (Å²) in [5, 5.41) is 5.33. The largest absolute Gasteiger partial charge is 0.468 e. The number of amides is 3. The van der Waals surface area contributed by atoms with Crippen molar-refractivity contribution < 1.29 is 28.7 Å². The average Bonchev–Trinajstić information content (AvgIpc) is 2.84. The molecule has 0 radical (unpaired) electrons. The van der Waals surface area contributed by atoms with E-state index in [9.17, 15) is 19.2 Å². The van der Waals surface area contributed by atoms with Crippen LogP contribution in [-0.2, 0) is 23.9 Å². The molecule has 0 fully saturated rings. The van der Waals surface area contributed by atoms with Gasteiger partial charge in [-0.05, 0) is 56.7 Å². The van der Waals surface area contributed by atoms with E-state index in [4.69, 9.17) is 4.74 Å². The van der Waals surface area contributed by atoms with Crippen molar-refractivity contribution in [2.45, 2.75) is 84.9 Å². The summed E-state index contributed by atoms with van der Waals surface area (Å²) >= 11 is 0. The maximum absolute atomic E-state index is 14.1. The number of nitrogens with one attached hydrogen (secondary N) is 2. The molecule has 1 aromatic rings. The molecule has 0 bridgehead atoms. The van der Waals surface area contributed by atoms with Gasteiger partial charge in [-0.3, -0.25) is 14.4 Å². The van der Waals surface area contributed by atoms with Gasteiger partial charge in [0.2, 0.25) is 11.8 Å². The van der Waals surface area contributed by atoms with E-state index in [2.05, 4.69) is 21.9 Å². The van der Waals surface area contributed by atoms with E-state index in [1.54, 1.807) is 45.0 Å². The van der Waals surface area contributed by atoms with Crippen molar-refractivity contribution >= 4 is 30.0 Å². The molecule has 0 aromatic heterocycles. The highest BCUT2D eigenvalue weighted by Gasteiger charge is 2.36. The smallest absolute Gasteiger partial charge is 0.408 e. The second-order valence-corrected chi connectivity index (χ2v) is 10.6. The first-order valence-electron chi connectivity index (χ1n) is 13.2. The summed E-state index contributed by atoms with van der Waals surface area (Å²) in [7, 11) is 1.24. The SMILES string of the molecule is C=Cc1cccc(C(C(=O)NCC(=O)OC)N(CCCCC)C(=O)C(CC(C)C)NC(=O)OC(C)(C)C)c1. The van der Waals surface area contributed by atoms with E-state index in [-0.39, 0.29) is 19.0 Å². The summed E-state index contributed by atoms with van der Waals surface area (Å²) in [5.74, 6) is -1.46. The van der Waals surface area contributed by atoms with Gasteiger partial charge in [0.1, 0.15) is 24.2 Å². The fourth-order valence-corrected chi connectivity index (χ4v) is 3.90. The second kappa shape index (κ2) is 15.8. The number of carbonyl (C=O) groups excluding carboxylic acids is 4. The minimum atomic E-state index is -1.04. The molecule has 0 saturated heterocycles. The Balaban J connectivity index is 3.53. The van der Waals surface area contributed by atoms with Crippen LogP contribution in [-0.4, -0.2) is 60.6 Å². The molecule has 38 heavy (non-hydrogen) atoms. The van der Waals surface area contributed by atoms with Gasteiger partial charge >= 0.3 is 12.1 Å². The molecule has 212 valence electrons. The number of carbonyl (C=O) groups is 4. The normalized spacial score (nSPS) is 12.7. The van der Waals surface area contributed by atoms with Gasteiger partial charge in [0.05, 0.1) is 7.11 Å². The maximum atomic E-state index is 14.1. The Labute approximate surface area is 227 Å². The third-order valence-electron chi connectivity index (χ3n) is 5.64. The standard InChI is InChI=1S/C29H45N3O6/c1-9-11-12-16-32(27(35)23(17-20(3)4)31-28(36)38-29(5,6)7)25(26(34)30-19-24(33)37-8)22-15-13-14-21(10-2)18-22/h10,13-15,18,20,23,25H,2,9,11-12,16-17,19H2,1,3-8H3,(H,30,34)(H,31,36). The molecule has 9 nitrogen and oxygen atoms in total. The number of ether oxygens (including phenoxy) is 2. The third kappa shape index (κ3) is 11.4. The van der Waals surface area contributed by atoms with Crippen molar-refractivity contribution in [3.63, 3.8) is 0 Å². The van der Waals surface area contributed by atoms with Crippen LogP contribution >= 0.6 is 0 Å². The van der Waals surface area contributed by atoms with Gasteiger partial charge in [-0.2, -0.15) is 0 Å². The van der Waals surface area contributed by atoms with Crippen LogP contribution in [0.15, 0.2) is 30.8 Å². The van der Waals surface area contributed by atoms with Crippen LogP contribution in [0.5, 0.6) is 0 Å². The molecule has 2 unspecified atom stereocenters. The van der Waals surface area contributed by atoms with Gasteiger partial charge in [-0.1, -0.05) is 64.5 Å². The maximum Gasteiger partial charge on any atom is 0.408 e. The molecule has 0 saturated carbocycles. The highest BCUT2D eigenvalue weighted by molar-refractivity contribution is 5.93. The molecular weight excluding hydrogens is 486 g/mol. The van der Waals surface area contributed by atoms with Crippen LogP contribution in [0.4, 0.5) is 4.79 Å². The molecule has 1 aromatic carbocycles. The zero-order chi connectivity index (χ0) is 28.9. The number of methoxy groups -OCH3 is 1. The minimum Gasteiger partial charge on any atom is -0.468 e. The van der Waals surface area contributed by atoms with Gasteiger partial charge < -0.3 is 25.0 Å². The number of alkyl carbamates (subject to hydrolysis) is 1. The number of rotatable bonds is 14. The molecule has 2 atom stereocenters. The first-order chi connectivity index (χ1) is 17.8. The predicted octanol–water partition coefficient (Wildman–Crippen LogP) is 4.62. The topological polar surface area (TPSA) is 114 Å². The molecule has 0 aliphatic rings. The van der Waals surface area contributed by atoms with E-state index in [0.717, 1.165) is 18.4 Å². The Kier molecular flexibility index (Phi) is 13.6. The van der Waals surface area contributed by atoms with Crippen molar-refractivity contribution in [3.8, 4) is 0 Å². The van der Waals surface area contributed by atoms with E-state index in [0.29, 0.717) is 18.4 Å². The first-order valence-corrected chi connectivity index (χ1v) is 13.2. The fourth-order valence-electron chi connectivity index (χ4n) is 3.90. The van der Waals surface area contributed by atoms with Gasteiger partial charge in [0.25, 0.3) is 0 Å². The molecule has 0 heterocycles. The summed E-state index contributed by atoms with van der Waals surface area (Å²) in [6, 6.07) is 5.22. The lowest BCUT2D eigenvalue weighted by Gasteiger charge is -2.35. The van der Waals surface area contributed by atoms with Gasteiger partial charge in [0, 0.05) is 6.54 Å². The Morgan fingerprint density at radius 2 is 1.82 bits per heavy atom. The molecular formula is C29H45N3O6. The van der Waals surface area contributed by atoms with Crippen molar-refractivity contribution in [1.82, 2.24) is 15.5 Å². The Bertz CT molecular complexity index is 954. The van der Waals surface area contributed by atoms with Crippen LogP contribution in [0.25, 0.3) is 6.08 Å². The zero-order valence-electron chi connectivity index (χ0n) is 24.0. The Morgan fingerprint density at radius 1 is 1.13 bits per heavy atom. The summed E-state index contributed by atoms with van der Waals surface area (Å²) in [6.45, 7) is 14.9. The number of unbranched alkanes of at least 4 members (excludes halogenated alkanes) is 2. The van der Waals surface area contributed by atoms with E-state index in [1.165, 1.54) is 12.0 Å². The Morgan fingerprint density at radius 3 is 2.37 bits per heavy atom. The highest BCUT2D eigenvalue weighted by Crippen LogP contribution is 2.26. The molecule has 1 rings (SSSR count). The summed E-state index contributed by atoms with van der Waals surface area (Å²) < 4.78 is 10.1. The van der Waals surface area contributed by atoms with Crippen LogP contribution in [0.3, 0.4) is 0 Å². The van der Waals surface area contributed by atoms with Crippen molar-refractivity contribution in [2.24, 2.45) is 5.92 Å². The molecule has 0 aliphatic heterocycles. The van der Waals surface area contributed by atoms with Crippen LogP contribution in [0, 0.1) is 5.92 Å². The van der Waals surface area contributed by atoms with Crippen LogP contribution in [0.2, 0.25) is 0 Å².